The topological polar surface area (TPSA) is 58.9 Å². The van der Waals surface area contributed by atoms with E-state index in [1.165, 1.54) is 0 Å². The summed E-state index contributed by atoms with van der Waals surface area (Å²) < 4.78 is 0. The first-order chi connectivity index (χ1) is 8.27. The molecule has 2 atom stereocenters. The Labute approximate surface area is 110 Å². The van der Waals surface area contributed by atoms with Crippen molar-refractivity contribution in [2.75, 3.05) is 13.1 Å². The van der Waals surface area contributed by atoms with E-state index in [0.29, 0.717) is 13.1 Å². The highest BCUT2D eigenvalue weighted by molar-refractivity contribution is 5.83. The highest BCUT2D eigenvalue weighted by atomic mass is 16.1. The molecule has 0 saturated carbocycles. The quantitative estimate of drug-likeness (QED) is 0.625. The fourth-order valence-electron chi connectivity index (χ4n) is 1.68. The van der Waals surface area contributed by atoms with E-state index in [-0.39, 0.29) is 35.2 Å². The first kappa shape index (κ1) is 16.9. The second kappa shape index (κ2) is 8.11. The molecule has 0 aromatic heterocycles. The SMILES string of the molecule is CC(C)C(=O)C(C)CN=NCC(C)C(=O)C(C)C. The Morgan fingerprint density at radius 2 is 1.00 bits per heavy atom. The Hall–Kier alpha value is -1.06. The Morgan fingerprint density at radius 1 is 0.722 bits per heavy atom. The van der Waals surface area contributed by atoms with Crippen molar-refractivity contribution in [2.24, 2.45) is 33.9 Å². The smallest absolute Gasteiger partial charge is 0.140 e. The minimum Gasteiger partial charge on any atom is -0.299 e. The van der Waals surface area contributed by atoms with Gasteiger partial charge in [0, 0.05) is 23.7 Å². The molecule has 2 unspecified atom stereocenters. The molecule has 0 aliphatic carbocycles. The van der Waals surface area contributed by atoms with E-state index in [1.807, 2.05) is 41.5 Å². The normalized spacial score (nSPS) is 15.3. The molecule has 0 fully saturated rings. The van der Waals surface area contributed by atoms with Gasteiger partial charge >= 0.3 is 0 Å². The number of hydrogen-bond acceptors (Lipinski definition) is 4. The van der Waals surface area contributed by atoms with Crippen LogP contribution < -0.4 is 0 Å². The van der Waals surface area contributed by atoms with Crippen molar-refractivity contribution < 1.29 is 9.59 Å². The molecule has 104 valence electrons. The van der Waals surface area contributed by atoms with Gasteiger partial charge in [-0.1, -0.05) is 41.5 Å². The lowest BCUT2D eigenvalue weighted by atomic mass is 9.97. The van der Waals surface area contributed by atoms with Crippen LogP contribution in [0, 0.1) is 23.7 Å². The number of nitrogens with zero attached hydrogens (tertiary/aromatic N) is 2. The minimum absolute atomic E-state index is 0.0386. The molecule has 0 aromatic rings. The lowest BCUT2D eigenvalue weighted by molar-refractivity contribution is -0.125. The summed E-state index contributed by atoms with van der Waals surface area (Å²) in [7, 11) is 0. The Bertz CT molecular complexity index is 279. The van der Waals surface area contributed by atoms with Crippen molar-refractivity contribution >= 4 is 11.6 Å². The van der Waals surface area contributed by atoms with E-state index in [4.69, 9.17) is 0 Å². The molecule has 18 heavy (non-hydrogen) atoms. The van der Waals surface area contributed by atoms with Crippen LogP contribution in [0.5, 0.6) is 0 Å². The Kier molecular flexibility index (Phi) is 7.64. The lowest BCUT2D eigenvalue weighted by Crippen LogP contribution is -2.20. The Morgan fingerprint density at radius 3 is 1.22 bits per heavy atom. The predicted octanol–water partition coefficient (Wildman–Crippen LogP) is 3.16. The first-order valence-electron chi connectivity index (χ1n) is 6.68. The Balaban J connectivity index is 4.05. The maximum atomic E-state index is 11.6. The molecule has 0 saturated heterocycles. The zero-order valence-corrected chi connectivity index (χ0v) is 12.4. The molecule has 0 N–H and O–H groups in total. The monoisotopic (exact) mass is 254 g/mol. The second-order valence-corrected chi connectivity index (χ2v) is 5.56. The van der Waals surface area contributed by atoms with Gasteiger partial charge in [-0.05, 0) is 0 Å². The van der Waals surface area contributed by atoms with Gasteiger partial charge in [-0.15, -0.1) is 0 Å². The van der Waals surface area contributed by atoms with Gasteiger partial charge in [-0.2, -0.15) is 10.2 Å². The maximum absolute atomic E-state index is 11.6. The summed E-state index contributed by atoms with van der Waals surface area (Å²) in [6.07, 6.45) is 0. The summed E-state index contributed by atoms with van der Waals surface area (Å²) in [6, 6.07) is 0. The first-order valence-corrected chi connectivity index (χ1v) is 6.68. The van der Waals surface area contributed by atoms with Crippen LogP contribution in [0.15, 0.2) is 10.2 Å². The van der Waals surface area contributed by atoms with Gasteiger partial charge in [0.1, 0.15) is 11.6 Å². The van der Waals surface area contributed by atoms with Crippen molar-refractivity contribution in [3.63, 3.8) is 0 Å². The van der Waals surface area contributed by atoms with E-state index >= 15 is 0 Å². The average molecular weight is 254 g/mol. The summed E-state index contributed by atoms with van der Waals surface area (Å²) in [5.74, 6) is 0.309. The highest BCUT2D eigenvalue weighted by Gasteiger charge is 2.17. The molecule has 0 heterocycles. The van der Waals surface area contributed by atoms with Crippen molar-refractivity contribution in [1.82, 2.24) is 0 Å². The maximum Gasteiger partial charge on any atom is 0.140 e. The van der Waals surface area contributed by atoms with Crippen LogP contribution in [0.4, 0.5) is 0 Å². The van der Waals surface area contributed by atoms with Crippen LogP contribution >= 0.6 is 0 Å². The summed E-state index contributed by atoms with van der Waals surface area (Å²) >= 11 is 0. The number of rotatable bonds is 8. The molecular weight excluding hydrogens is 228 g/mol. The van der Waals surface area contributed by atoms with Gasteiger partial charge in [-0.25, -0.2) is 0 Å². The standard InChI is InChI=1S/C14H26N2O2/c1-9(2)13(17)11(5)7-15-16-8-12(6)14(18)10(3)4/h9-12H,7-8H2,1-6H3. The van der Waals surface area contributed by atoms with Crippen molar-refractivity contribution in [1.29, 1.82) is 0 Å². The largest absolute Gasteiger partial charge is 0.299 e. The molecule has 0 bridgehead atoms. The molecule has 0 amide bonds. The highest BCUT2D eigenvalue weighted by Crippen LogP contribution is 2.09. The number of ketones is 2. The number of azo groups is 1. The van der Waals surface area contributed by atoms with Crippen molar-refractivity contribution in [3.8, 4) is 0 Å². The molecule has 4 nitrogen and oxygen atoms in total. The van der Waals surface area contributed by atoms with Crippen LogP contribution in [0.2, 0.25) is 0 Å². The summed E-state index contributed by atoms with van der Waals surface area (Å²) in [6.45, 7) is 12.1. The van der Waals surface area contributed by atoms with Gasteiger partial charge < -0.3 is 0 Å². The van der Waals surface area contributed by atoms with Gasteiger partial charge in [0.05, 0.1) is 13.1 Å². The van der Waals surface area contributed by atoms with Gasteiger partial charge in [0.15, 0.2) is 0 Å². The van der Waals surface area contributed by atoms with Crippen LogP contribution in [-0.2, 0) is 9.59 Å². The van der Waals surface area contributed by atoms with Crippen LogP contribution in [-0.4, -0.2) is 24.7 Å². The minimum atomic E-state index is -0.0927. The second-order valence-electron chi connectivity index (χ2n) is 5.56. The van der Waals surface area contributed by atoms with Gasteiger partial charge in [0.25, 0.3) is 0 Å². The predicted molar refractivity (Wildman–Crippen MR) is 72.6 cm³/mol. The number of Topliss-reactive ketones (excluding diaryl/α,β-unsaturated/α-hetero) is 2. The molecular formula is C14H26N2O2. The van der Waals surface area contributed by atoms with Crippen LogP contribution in [0.25, 0.3) is 0 Å². The summed E-state index contributed by atoms with van der Waals surface area (Å²) in [5.41, 5.74) is 0. The van der Waals surface area contributed by atoms with E-state index in [9.17, 15) is 9.59 Å². The van der Waals surface area contributed by atoms with E-state index in [1.54, 1.807) is 0 Å². The molecule has 0 aromatic carbocycles. The molecule has 0 spiro atoms. The van der Waals surface area contributed by atoms with Crippen LogP contribution in [0.1, 0.15) is 41.5 Å². The van der Waals surface area contributed by atoms with Crippen molar-refractivity contribution in [3.05, 3.63) is 0 Å². The van der Waals surface area contributed by atoms with Crippen LogP contribution in [0.3, 0.4) is 0 Å². The van der Waals surface area contributed by atoms with E-state index in [2.05, 4.69) is 10.2 Å². The molecule has 0 aliphatic rings. The average Bonchev–Trinajstić information content (AvgIpc) is 2.31. The van der Waals surface area contributed by atoms with Gasteiger partial charge in [0.2, 0.25) is 0 Å². The third-order valence-electron chi connectivity index (χ3n) is 2.92. The third-order valence-corrected chi connectivity index (χ3v) is 2.92. The fraction of sp³-hybridized carbons (Fsp3) is 0.857. The van der Waals surface area contributed by atoms with E-state index < -0.39 is 0 Å². The fourth-order valence-corrected chi connectivity index (χ4v) is 1.68. The number of carbonyl (C=O) groups is 2. The molecule has 0 rings (SSSR count). The third kappa shape index (κ3) is 6.03. The zero-order chi connectivity index (χ0) is 14.3. The number of carbonyl (C=O) groups excluding carboxylic acids is 2. The summed E-state index contributed by atoms with van der Waals surface area (Å²) in [5, 5.41) is 8.02. The van der Waals surface area contributed by atoms with E-state index in [0.717, 1.165) is 0 Å². The summed E-state index contributed by atoms with van der Waals surface area (Å²) in [4.78, 5) is 23.2. The van der Waals surface area contributed by atoms with Crippen molar-refractivity contribution in [2.45, 2.75) is 41.5 Å². The molecule has 0 aliphatic heterocycles. The molecule has 4 heteroatoms. The number of hydrogen-bond donors (Lipinski definition) is 0. The molecule has 0 radical (unpaired) electrons. The zero-order valence-electron chi connectivity index (χ0n) is 12.4. The lowest BCUT2D eigenvalue weighted by Gasteiger charge is -2.11. The van der Waals surface area contributed by atoms with Gasteiger partial charge in [-0.3, -0.25) is 9.59 Å².